The maximum atomic E-state index is 11.8. The number of nitriles is 1. The third kappa shape index (κ3) is 1.77. The molecule has 1 aromatic rings. The molecule has 0 amide bonds. The maximum absolute atomic E-state index is 11.8. The van der Waals surface area contributed by atoms with E-state index in [2.05, 4.69) is 5.32 Å². The number of carbonyl (C=O) groups excluding carboxylic acids is 1. The van der Waals surface area contributed by atoms with Crippen LogP contribution in [0.15, 0.2) is 34.1 Å². The van der Waals surface area contributed by atoms with Gasteiger partial charge in [0.25, 0.3) is 0 Å². The van der Waals surface area contributed by atoms with Gasteiger partial charge in [-0.2, -0.15) is 5.26 Å². The van der Waals surface area contributed by atoms with Crippen molar-refractivity contribution in [1.29, 1.82) is 5.26 Å². The summed E-state index contributed by atoms with van der Waals surface area (Å²) in [6.45, 7) is 0.825. The molecule has 0 radical (unpaired) electrons. The summed E-state index contributed by atoms with van der Waals surface area (Å²) in [6, 6.07) is 5.14. The van der Waals surface area contributed by atoms with Gasteiger partial charge in [-0.3, -0.25) is 4.79 Å². The number of ketones is 1. The Kier molecular flexibility index (Phi) is 2.55. The third-order valence-electron chi connectivity index (χ3n) is 2.33. The minimum atomic E-state index is -0.341. The second-order valence-corrected chi connectivity index (χ2v) is 3.30. The summed E-state index contributed by atoms with van der Waals surface area (Å²) in [6.07, 6.45) is 3.15. The molecule has 15 heavy (non-hydrogen) atoms. The number of hydrogen-bond donors (Lipinski definition) is 1. The predicted molar refractivity (Wildman–Crippen MR) is 52.9 cm³/mol. The van der Waals surface area contributed by atoms with Gasteiger partial charge in [-0.15, -0.1) is 0 Å². The predicted octanol–water partition coefficient (Wildman–Crippen LogP) is 1.62. The Hall–Kier alpha value is -2.02. The third-order valence-corrected chi connectivity index (χ3v) is 2.33. The highest BCUT2D eigenvalue weighted by Gasteiger charge is 2.21. The largest absolute Gasteiger partial charge is 0.461 e. The number of rotatable bonds is 2. The average molecular weight is 202 g/mol. The SMILES string of the molecule is N#C/C(C(=O)c1ccco1)=C1/CCCN1. The maximum Gasteiger partial charge on any atom is 0.240 e. The van der Waals surface area contributed by atoms with Crippen molar-refractivity contribution in [2.75, 3.05) is 6.54 Å². The monoisotopic (exact) mass is 202 g/mol. The minimum absolute atomic E-state index is 0.169. The van der Waals surface area contributed by atoms with Crippen LogP contribution >= 0.6 is 0 Å². The number of carbonyl (C=O) groups is 1. The fourth-order valence-corrected chi connectivity index (χ4v) is 1.59. The number of nitrogens with zero attached hydrogens (tertiary/aromatic N) is 1. The van der Waals surface area contributed by atoms with Gasteiger partial charge in [-0.05, 0) is 25.0 Å². The number of hydrogen-bond acceptors (Lipinski definition) is 4. The van der Waals surface area contributed by atoms with E-state index in [1.54, 1.807) is 12.1 Å². The molecular weight excluding hydrogens is 192 g/mol. The van der Waals surface area contributed by atoms with E-state index >= 15 is 0 Å². The van der Waals surface area contributed by atoms with Crippen LogP contribution < -0.4 is 5.32 Å². The van der Waals surface area contributed by atoms with Crippen LogP contribution in [0.3, 0.4) is 0 Å². The Morgan fingerprint density at radius 3 is 3.00 bits per heavy atom. The standard InChI is InChI=1S/C11H10N2O2/c12-7-8(9-3-1-5-13-9)11(14)10-4-2-6-15-10/h2,4,6,13H,1,3,5H2/b9-8+. The molecule has 0 aliphatic carbocycles. The first-order valence-corrected chi connectivity index (χ1v) is 4.78. The van der Waals surface area contributed by atoms with E-state index in [0.717, 1.165) is 25.1 Å². The van der Waals surface area contributed by atoms with Crippen LogP contribution in [0, 0.1) is 11.3 Å². The molecular formula is C11H10N2O2. The lowest BCUT2D eigenvalue weighted by Gasteiger charge is -2.01. The molecule has 4 heteroatoms. The Labute approximate surface area is 87.2 Å². The first-order valence-electron chi connectivity index (χ1n) is 4.78. The number of furan rings is 1. The highest BCUT2D eigenvalue weighted by atomic mass is 16.3. The molecule has 2 rings (SSSR count). The van der Waals surface area contributed by atoms with Crippen molar-refractivity contribution in [3.8, 4) is 6.07 Å². The van der Waals surface area contributed by atoms with Crippen LogP contribution in [-0.4, -0.2) is 12.3 Å². The number of nitrogens with one attached hydrogen (secondary N) is 1. The minimum Gasteiger partial charge on any atom is -0.461 e. The van der Waals surface area contributed by atoms with E-state index in [0.29, 0.717) is 0 Å². The van der Waals surface area contributed by atoms with E-state index in [4.69, 9.17) is 9.68 Å². The second kappa shape index (κ2) is 4.01. The smallest absolute Gasteiger partial charge is 0.240 e. The van der Waals surface area contributed by atoms with Crippen molar-refractivity contribution in [3.05, 3.63) is 35.4 Å². The summed E-state index contributed by atoms with van der Waals surface area (Å²) in [5.74, 6) is -0.125. The lowest BCUT2D eigenvalue weighted by molar-refractivity contribution is 0.101. The first-order chi connectivity index (χ1) is 7.33. The molecule has 0 bridgehead atoms. The van der Waals surface area contributed by atoms with Crippen LogP contribution in [0.25, 0.3) is 0 Å². The van der Waals surface area contributed by atoms with E-state index in [1.807, 2.05) is 6.07 Å². The van der Waals surface area contributed by atoms with Gasteiger partial charge < -0.3 is 9.73 Å². The summed E-state index contributed by atoms with van der Waals surface area (Å²) in [5.41, 5.74) is 0.904. The zero-order valence-corrected chi connectivity index (χ0v) is 8.12. The summed E-state index contributed by atoms with van der Waals surface area (Å²) in [4.78, 5) is 11.8. The second-order valence-electron chi connectivity index (χ2n) is 3.30. The van der Waals surface area contributed by atoms with E-state index in [1.165, 1.54) is 6.26 Å². The van der Waals surface area contributed by atoms with Crippen molar-refractivity contribution in [2.24, 2.45) is 0 Å². The molecule has 2 heterocycles. The average Bonchev–Trinajstić information content (AvgIpc) is 2.91. The normalized spacial score (nSPS) is 18.1. The molecule has 1 N–H and O–H groups in total. The van der Waals surface area contributed by atoms with Gasteiger partial charge in [0, 0.05) is 12.2 Å². The fourth-order valence-electron chi connectivity index (χ4n) is 1.59. The Morgan fingerprint density at radius 2 is 2.47 bits per heavy atom. The van der Waals surface area contributed by atoms with Gasteiger partial charge in [0.05, 0.1) is 6.26 Å². The molecule has 0 saturated carbocycles. The molecule has 1 aromatic heterocycles. The van der Waals surface area contributed by atoms with Gasteiger partial charge in [0.2, 0.25) is 5.78 Å². The lowest BCUT2D eigenvalue weighted by Crippen LogP contribution is -2.11. The molecule has 1 aliphatic heterocycles. The summed E-state index contributed by atoms with van der Waals surface area (Å²) in [7, 11) is 0. The summed E-state index contributed by atoms with van der Waals surface area (Å²) >= 11 is 0. The van der Waals surface area contributed by atoms with Crippen molar-refractivity contribution < 1.29 is 9.21 Å². The summed E-state index contributed by atoms with van der Waals surface area (Å²) in [5, 5.41) is 12.0. The molecule has 1 saturated heterocycles. The zero-order valence-electron chi connectivity index (χ0n) is 8.12. The highest BCUT2D eigenvalue weighted by molar-refractivity contribution is 6.10. The van der Waals surface area contributed by atoms with Crippen LogP contribution in [0.5, 0.6) is 0 Å². The fraction of sp³-hybridized carbons (Fsp3) is 0.273. The summed E-state index contributed by atoms with van der Waals surface area (Å²) < 4.78 is 4.98. The quantitative estimate of drug-likeness (QED) is 0.449. The molecule has 4 nitrogen and oxygen atoms in total. The molecule has 0 atom stereocenters. The molecule has 0 spiro atoms. The Morgan fingerprint density at radius 1 is 1.60 bits per heavy atom. The van der Waals surface area contributed by atoms with E-state index < -0.39 is 0 Å². The molecule has 1 fully saturated rings. The topological polar surface area (TPSA) is 66.0 Å². The lowest BCUT2D eigenvalue weighted by atomic mass is 10.1. The van der Waals surface area contributed by atoms with Gasteiger partial charge in [0.1, 0.15) is 11.6 Å². The number of allylic oxidation sites excluding steroid dienone is 2. The van der Waals surface area contributed by atoms with Crippen molar-refractivity contribution >= 4 is 5.78 Å². The van der Waals surface area contributed by atoms with Crippen LogP contribution in [-0.2, 0) is 0 Å². The zero-order chi connectivity index (χ0) is 10.7. The van der Waals surface area contributed by atoms with Crippen molar-refractivity contribution in [1.82, 2.24) is 5.32 Å². The molecule has 76 valence electrons. The molecule has 1 aliphatic rings. The van der Waals surface area contributed by atoms with Crippen LogP contribution in [0.2, 0.25) is 0 Å². The van der Waals surface area contributed by atoms with E-state index in [-0.39, 0.29) is 17.1 Å². The Balaban J connectivity index is 2.33. The molecule has 0 unspecified atom stereocenters. The van der Waals surface area contributed by atoms with Crippen LogP contribution in [0.1, 0.15) is 23.4 Å². The van der Waals surface area contributed by atoms with Gasteiger partial charge in [-0.25, -0.2) is 0 Å². The van der Waals surface area contributed by atoms with Gasteiger partial charge >= 0.3 is 0 Å². The molecule has 0 aromatic carbocycles. The van der Waals surface area contributed by atoms with Crippen molar-refractivity contribution in [3.63, 3.8) is 0 Å². The highest BCUT2D eigenvalue weighted by Crippen LogP contribution is 2.17. The van der Waals surface area contributed by atoms with E-state index in [9.17, 15) is 4.79 Å². The number of Topliss-reactive ketones (excluding diaryl/α,β-unsaturated/α-hetero) is 1. The van der Waals surface area contributed by atoms with Crippen molar-refractivity contribution in [2.45, 2.75) is 12.8 Å². The first kappa shape index (κ1) is 9.53. The Bertz CT molecular complexity index is 430. The van der Waals surface area contributed by atoms with Gasteiger partial charge in [-0.1, -0.05) is 0 Å². The van der Waals surface area contributed by atoms with Crippen LogP contribution in [0.4, 0.5) is 0 Å². The van der Waals surface area contributed by atoms with Gasteiger partial charge in [0.15, 0.2) is 5.76 Å².